The van der Waals surface area contributed by atoms with Crippen LogP contribution in [0.15, 0.2) is 30.3 Å². The lowest BCUT2D eigenvalue weighted by Crippen LogP contribution is -2.51. The summed E-state index contributed by atoms with van der Waals surface area (Å²) in [4.78, 5) is 24.7. The summed E-state index contributed by atoms with van der Waals surface area (Å²) in [5.74, 6) is -0.613. The molecule has 1 aromatic carbocycles. The fraction of sp³-hybridized carbons (Fsp3) is 0.429. The molecule has 1 saturated heterocycles. The van der Waals surface area contributed by atoms with Gasteiger partial charge in [-0.3, -0.25) is 9.69 Å². The highest BCUT2D eigenvalue weighted by Crippen LogP contribution is 2.19. The summed E-state index contributed by atoms with van der Waals surface area (Å²) in [5, 5.41) is 0. The van der Waals surface area contributed by atoms with Crippen LogP contribution in [0.2, 0.25) is 0 Å². The molecule has 2 rings (SSSR count). The minimum Gasteiger partial charge on any atom is -0.444 e. The van der Waals surface area contributed by atoms with Crippen LogP contribution in [0, 0.1) is 5.92 Å². The molecule has 5 nitrogen and oxygen atoms in total. The molecule has 0 spiro atoms. The number of rotatable bonds is 2. The molecule has 0 N–H and O–H groups in total. The number of benzene rings is 1. The number of carbonyl (C=O) groups is 2. The van der Waals surface area contributed by atoms with Gasteiger partial charge in [-0.05, 0) is 19.4 Å². The van der Waals surface area contributed by atoms with E-state index in [4.69, 9.17) is 9.47 Å². The number of amides is 1. The van der Waals surface area contributed by atoms with Crippen molar-refractivity contribution in [3.63, 3.8) is 0 Å². The van der Waals surface area contributed by atoms with Crippen molar-refractivity contribution in [1.29, 1.82) is 0 Å². The van der Waals surface area contributed by atoms with E-state index in [9.17, 15) is 9.59 Å². The van der Waals surface area contributed by atoms with Gasteiger partial charge in [0.15, 0.2) is 6.73 Å². The van der Waals surface area contributed by atoms with Crippen molar-refractivity contribution in [2.24, 2.45) is 5.92 Å². The first-order chi connectivity index (χ1) is 9.09. The average molecular weight is 263 g/mol. The minimum absolute atomic E-state index is 0.0437. The van der Waals surface area contributed by atoms with Gasteiger partial charge in [-0.1, -0.05) is 30.3 Å². The van der Waals surface area contributed by atoms with Gasteiger partial charge in [0, 0.05) is 6.04 Å². The van der Waals surface area contributed by atoms with Crippen LogP contribution in [0.5, 0.6) is 0 Å². The summed E-state index contributed by atoms with van der Waals surface area (Å²) in [7, 11) is 0. The first-order valence-electron chi connectivity index (χ1n) is 6.23. The van der Waals surface area contributed by atoms with Gasteiger partial charge >= 0.3 is 12.1 Å². The zero-order valence-corrected chi connectivity index (χ0v) is 11.0. The highest BCUT2D eigenvalue weighted by molar-refractivity contribution is 5.76. The van der Waals surface area contributed by atoms with E-state index >= 15 is 0 Å². The van der Waals surface area contributed by atoms with E-state index in [2.05, 4.69) is 0 Å². The number of hydrogen-bond donors (Lipinski definition) is 0. The fourth-order valence-electron chi connectivity index (χ4n) is 1.87. The van der Waals surface area contributed by atoms with Crippen molar-refractivity contribution in [2.75, 3.05) is 6.73 Å². The van der Waals surface area contributed by atoms with Gasteiger partial charge in [0.2, 0.25) is 0 Å². The normalized spacial score (nSPS) is 22.8. The van der Waals surface area contributed by atoms with Gasteiger partial charge in [0.1, 0.15) is 6.61 Å². The topological polar surface area (TPSA) is 55.8 Å². The number of carbonyl (C=O) groups excluding carboxylic acids is 2. The Hall–Kier alpha value is -2.04. The van der Waals surface area contributed by atoms with Crippen LogP contribution in [-0.2, 0) is 20.9 Å². The first kappa shape index (κ1) is 13.4. The highest BCUT2D eigenvalue weighted by atomic mass is 16.6. The lowest BCUT2D eigenvalue weighted by atomic mass is 10.0. The van der Waals surface area contributed by atoms with Gasteiger partial charge in [0.25, 0.3) is 0 Å². The third kappa shape index (κ3) is 3.05. The SMILES string of the molecule is C[C@@H]1C(=O)OCN(C(=O)OCc2ccccc2)[C@H]1C. The number of hydrogen-bond acceptors (Lipinski definition) is 4. The minimum atomic E-state index is -0.462. The summed E-state index contributed by atoms with van der Waals surface area (Å²) in [6, 6.07) is 9.22. The molecule has 1 amide bonds. The standard InChI is InChI=1S/C14H17NO4/c1-10-11(2)15(9-19-13(10)16)14(17)18-8-12-6-4-3-5-7-12/h3-7,10-11H,8-9H2,1-2H3/t10-,11-/m0/s1. The summed E-state index contributed by atoms with van der Waals surface area (Å²) in [6.07, 6.45) is -0.462. The zero-order valence-electron chi connectivity index (χ0n) is 11.0. The maximum Gasteiger partial charge on any atom is 0.413 e. The van der Waals surface area contributed by atoms with Gasteiger partial charge in [-0.2, -0.15) is 0 Å². The molecule has 19 heavy (non-hydrogen) atoms. The molecule has 0 bridgehead atoms. The van der Waals surface area contributed by atoms with Crippen molar-refractivity contribution < 1.29 is 19.1 Å². The quantitative estimate of drug-likeness (QED) is 0.767. The number of cyclic esters (lactones) is 1. The number of esters is 1. The summed E-state index contributed by atoms with van der Waals surface area (Å²) >= 11 is 0. The smallest absolute Gasteiger partial charge is 0.413 e. The summed E-state index contributed by atoms with van der Waals surface area (Å²) in [5.41, 5.74) is 0.922. The van der Waals surface area contributed by atoms with Crippen LogP contribution in [0.25, 0.3) is 0 Å². The predicted molar refractivity (Wildman–Crippen MR) is 68.1 cm³/mol. The van der Waals surface area contributed by atoms with E-state index in [1.54, 1.807) is 6.92 Å². The van der Waals surface area contributed by atoms with Crippen LogP contribution < -0.4 is 0 Å². The van der Waals surface area contributed by atoms with Crippen molar-refractivity contribution >= 4 is 12.1 Å². The van der Waals surface area contributed by atoms with Crippen molar-refractivity contribution in [3.05, 3.63) is 35.9 Å². The van der Waals surface area contributed by atoms with E-state index in [1.807, 2.05) is 37.3 Å². The fourth-order valence-corrected chi connectivity index (χ4v) is 1.87. The van der Waals surface area contributed by atoms with Gasteiger partial charge < -0.3 is 9.47 Å². The lowest BCUT2D eigenvalue weighted by molar-refractivity contribution is -0.164. The Balaban J connectivity index is 1.91. The molecular weight excluding hydrogens is 246 g/mol. The van der Waals surface area contributed by atoms with Crippen LogP contribution in [0.1, 0.15) is 19.4 Å². The van der Waals surface area contributed by atoms with E-state index in [-0.39, 0.29) is 31.3 Å². The van der Waals surface area contributed by atoms with Gasteiger partial charge in [-0.25, -0.2) is 4.79 Å². The second kappa shape index (κ2) is 5.73. The predicted octanol–water partition coefficient (Wildman–Crippen LogP) is 2.16. The Morgan fingerprint density at radius 3 is 2.74 bits per heavy atom. The molecule has 0 saturated carbocycles. The number of ether oxygens (including phenoxy) is 2. The average Bonchev–Trinajstić information content (AvgIpc) is 2.43. The largest absolute Gasteiger partial charge is 0.444 e. The second-order valence-electron chi connectivity index (χ2n) is 4.63. The lowest BCUT2D eigenvalue weighted by Gasteiger charge is -2.35. The highest BCUT2D eigenvalue weighted by Gasteiger charge is 2.36. The molecule has 0 aromatic heterocycles. The molecular formula is C14H17NO4. The van der Waals surface area contributed by atoms with E-state index in [1.165, 1.54) is 4.90 Å². The second-order valence-corrected chi connectivity index (χ2v) is 4.63. The Morgan fingerprint density at radius 2 is 2.05 bits per heavy atom. The Labute approximate surface area is 112 Å². The maximum absolute atomic E-state index is 11.9. The molecule has 2 atom stereocenters. The van der Waals surface area contributed by atoms with Crippen LogP contribution in [0.4, 0.5) is 4.79 Å². The molecule has 0 aliphatic carbocycles. The van der Waals surface area contributed by atoms with Gasteiger partial charge in [-0.15, -0.1) is 0 Å². The van der Waals surface area contributed by atoms with E-state index < -0.39 is 6.09 Å². The molecule has 1 fully saturated rings. The molecule has 1 aliphatic heterocycles. The Morgan fingerprint density at radius 1 is 1.37 bits per heavy atom. The van der Waals surface area contributed by atoms with Crippen LogP contribution in [-0.4, -0.2) is 29.7 Å². The third-order valence-corrected chi connectivity index (χ3v) is 3.37. The van der Waals surface area contributed by atoms with Crippen LogP contribution in [0.3, 0.4) is 0 Å². The zero-order chi connectivity index (χ0) is 13.8. The monoisotopic (exact) mass is 263 g/mol. The first-order valence-corrected chi connectivity index (χ1v) is 6.23. The molecule has 0 unspecified atom stereocenters. The summed E-state index contributed by atoms with van der Waals surface area (Å²) in [6.45, 7) is 3.72. The Bertz CT molecular complexity index is 460. The molecule has 1 heterocycles. The van der Waals surface area contributed by atoms with E-state index in [0.29, 0.717) is 0 Å². The molecule has 5 heteroatoms. The molecule has 102 valence electrons. The molecule has 1 aromatic rings. The molecule has 1 aliphatic rings. The number of nitrogens with zero attached hydrogens (tertiary/aromatic N) is 1. The Kier molecular flexibility index (Phi) is 4.04. The van der Waals surface area contributed by atoms with Crippen molar-refractivity contribution in [3.8, 4) is 0 Å². The van der Waals surface area contributed by atoms with Crippen molar-refractivity contribution in [2.45, 2.75) is 26.5 Å². The maximum atomic E-state index is 11.9. The third-order valence-electron chi connectivity index (χ3n) is 3.37. The summed E-state index contributed by atoms with van der Waals surface area (Å²) < 4.78 is 10.1. The van der Waals surface area contributed by atoms with Crippen molar-refractivity contribution in [1.82, 2.24) is 4.90 Å². The van der Waals surface area contributed by atoms with Crippen LogP contribution >= 0.6 is 0 Å². The van der Waals surface area contributed by atoms with Gasteiger partial charge in [0.05, 0.1) is 5.92 Å². The van der Waals surface area contributed by atoms with E-state index in [0.717, 1.165) is 5.56 Å². The molecule has 0 radical (unpaired) electrons.